The lowest BCUT2D eigenvalue weighted by molar-refractivity contribution is -0.133. The van der Waals surface area contributed by atoms with Gasteiger partial charge in [0.05, 0.1) is 5.75 Å². The molecule has 15 heavy (non-hydrogen) atoms. The van der Waals surface area contributed by atoms with Gasteiger partial charge in [-0.15, -0.1) is 0 Å². The fourth-order valence-electron chi connectivity index (χ4n) is 1.60. The maximum Gasteiger partial charge on any atom is 0.313 e. The van der Waals surface area contributed by atoms with Crippen LogP contribution in [0.3, 0.4) is 0 Å². The van der Waals surface area contributed by atoms with Crippen LogP contribution in [-0.2, 0) is 11.2 Å². The van der Waals surface area contributed by atoms with E-state index >= 15 is 0 Å². The van der Waals surface area contributed by atoms with Crippen molar-refractivity contribution in [2.75, 3.05) is 5.75 Å². The normalized spacial score (nSPS) is 15.5. The Labute approximate surface area is 92.7 Å². The van der Waals surface area contributed by atoms with Crippen molar-refractivity contribution in [3.8, 4) is 0 Å². The fourth-order valence-corrected chi connectivity index (χ4v) is 2.38. The Hall–Kier alpha value is -0.970. The number of aryl methyl sites for hydroxylation is 1. The molecular formula is C10H14N2O2S. The van der Waals surface area contributed by atoms with Gasteiger partial charge in [-0.05, 0) is 19.3 Å². The second-order valence-corrected chi connectivity index (χ2v) is 4.61. The van der Waals surface area contributed by atoms with Gasteiger partial charge >= 0.3 is 5.97 Å². The number of imidazole rings is 1. The zero-order valence-electron chi connectivity index (χ0n) is 8.64. The molecule has 0 saturated heterocycles. The predicted octanol–water partition coefficient (Wildman–Crippen LogP) is 1.96. The molecule has 0 aliphatic heterocycles. The number of thioether (sulfide) groups is 1. The van der Waals surface area contributed by atoms with Crippen molar-refractivity contribution in [3.63, 3.8) is 0 Å². The first-order chi connectivity index (χ1) is 7.22. The lowest BCUT2D eigenvalue weighted by Crippen LogP contribution is -2.04. The molecule has 0 bridgehead atoms. The Bertz CT molecular complexity index is 371. The highest BCUT2D eigenvalue weighted by Gasteiger charge is 2.28. The molecule has 1 fully saturated rings. The maximum absolute atomic E-state index is 10.5. The molecule has 0 spiro atoms. The third kappa shape index (κ3) is 2.34. The van der Waals surface area contributed by atoms with Crippen molar-refractivity contribution in [1.29, 1.82) is 0 Å². The SMILES string of the molecule is CCc1cnc(SCC(=O)O)n1C1CC1. The largest absolute Gasteiger partial charge is 0.481 e. The lowest BCUT2D eigenvalue weighted by Gasteiger charge is -2.08. The van der Waals surface area contributed by atoms with Gasteiger partial charge in [0.1, 0.15) is 0 Å². The number of hydrogen-bond acceptors (Lipinski definition) is 3. The summed E-state index contributed by atoms with van der Waals surface area (Å²) in [5.41, 5.74) is 1.21. The summed E-state index contributed by atoms with van der Waals surface area (Å²) in [4.78, 5) is 14.8. The molecule has 0 aromatic carbocycles. The average Bonchev–Trinajstić information content (AvgIpc) is 2.96. The minimum atomic E-state index is -0.789. The third-order valence-corrected chi connectivity index (χ3v) is 3.39. The number of nitrogens with zero attached hydrogens (tertiary/aromatic N) is 2. The molecule has 4 nitrogen and oxygen atoms in total. The van der Waals surface area contributed by atoms with Gasteiger partial charge in [-0.25, -0.2) is 4.98 Å². The Morgan fingerprint density at radius 1 is 1.73 bits per heavy atom. The van der Waals surface area contributed by atoms with E-state index in [4.69, 9.17) is 5.11 Å². The summed E-state index contributed by atoms with van der Waals surface area (Å²) in [5, 5.41) is 9.48. The quantitative estimate of drug-likeness (QED) is 0.780. The van der Waals surface area contributed by atoms with Crippen LogP contribution in [0.1, 0.15) is 31.5 Å². The van der Waals surface area contributed by atoms with Crippen LogP contribution in [-0.4, -0.2) is 26.4 Å². The molecular weight excluding hydrogens is 212 g/mol. The van der Waals surface area contributed by atoms with E-state index in [1.54, 1.807) is 0 Å². The summed E-state index contributed by atoms with van der Waals surface area (Å²) < 4.78 is 2.20. The van der Waals surface area contributed by atoms with Crippen LogP contribution in [0.15, 0.2) is 11.4 Å². The molecule has 0 amide bonds. The Kier molecular flexibility index (Phi) is 3.00. The van der Waals surface area contributed by atoms with Crippen LogP contribution in [0.25, 0.3) is 0 Å². The first-order valence-corrected chi connectivity index (χ1v) is 6.11. The number of aromatic nitrogens is 2. The average molecular weight is 226 g/mol. The summed E-state index contributed by atoms with van der Waals surface area (Å²) in [6.07, 6.45) is 5.22. The van der Waals surface area contributed by atoms with E-state index in [1.165, 1.54) is 30.3 Å². The predicted molar refractivity (Wildman–Crippen MR) is 58.2 cm³/mol. The van der Waals surface area contributed by atoms with E-state index in [-0.39, 0.29) is 5.75 Å². The molecule has 1 saturated carbocycles. The summed E-state index contributed by atoms with van der Waals surface area (Å²) in [6, 6.07) is 0.568. The molecule has 0 atom stereocenters. The fraction of sp³-hybridized carbons (Fsp3) is 0.600. The van der Waals surface area contributed by atoms with Crippen LogP contribution in [0.5, 0.6) is 0 Å². The molecule has 2 rings (SSSR count). The molecule has 0 unspecified atom stereocenters. The van der Waals surface area contributed by atoms with Gasteiger partial charge in [0.2, 0.25) is 0 Å². The van der Waals surface area contributed by atoms with Crippen molar-refractivity contribution in [2.24, 2.45) is 0 Å². The van der Waals surface area contributed by atoms with Crippen molar-refractivity contribution in [1.82, 2.24) is 9.55 Å². The Morgan fingerprint density at radius 2 is 2.47 bits per heavy atom. The first-order valence-electron chi connectivity index (χ1n) is 5.13. The smallest absolute Gasteiger partial charge is 0.313 e. The molecule has 1 aromatic heterocycles. The van der Waals surface area contributed by atoms with Crippen molar-refractivity contribution < 1.29 is 9.90 Å². The molecule has 5 heteroatoms. The molecule has 1 N–H and O–H groups in total. The van der Waals surface area contributed by atoms with Crippen LogP contribution in [0.2, 0.25) is 0 Å². The number of rotatable bonds is 5. The van der Waals surface area contributed by atoms with E-state index < -0.39 is 5.97 Å². The van der Waals surface area contributed by atoms with Gasteiger partial charge in [0.15, 0.2) is 5.16 Å². The highest BCUT2D eigenvalue weighted by Crippen LogP contribution is 2.39. The summed E-state index contributed by atoms with van der Waals surface area (Å²) in [5.74, 6) is -0.698. The van der Waals surface area contributed by atoms with Gasteiger partial charge in [0.25, 0.3) is 0 Å². The zero-order chi connectivity index (χ0) is 10.8. The molecule has 1 heterocycles. The number of carboxylic acids is 1. The maximum atomic E-state index is 10.5. The highest BCUT2D eigenvalue weighted by molar-refractivity contribution is 7.99. The second-order valence-electron chi connectivity index (χ2n) is 3.67. The van der Waals surface area contributed by atoms with Crippen molar-refractivity contribution in [3.05, 3.63) is 11.9 Å². The topological polar surface area (TPSA) is 55.1 Å². The zero-order valence-corrected chi connectivity index (χ0v) is 9.46. The van der Waals surface area contributed by atoms with E-state index in [0.717, 1.165) is 11.6 Å². The monoisotopic (exact) mass is 226 g/mol. The minimum absolute atomic E-state index is 0.0902. The third-order valence-electron chi connectivity index (χ3n) is 2.44. The van der Waals surface area contributed by atoms with Crippen LogP contribution >= 0.6 is 11.8 Å². The van der Waals surface area contributed by atoms with E-state index in [2.05, 4.69) is 16.5 Å². The minimum Gasteiger partial charge on any atom is -0.481 e. The first kappa shape index (κ1) is 10.5. The van der Waals surface area contributed by atoms with E-state index in [9.17, 15) is 4.79 Å². The van der Waals surface area contributed by atoms with Crippen LogP contribution < -0.4 is 0 Å². The van der Waals surface area contributed by atoms with Crippen LogP contribution in [0.4, 0.5) is 0 Å². The Morgan fingerprint density at radius 3 is 3.00 bits per heavy atom. The standard InChI is InChI=1S/C10H14N2O2S/c1-2-7-5-11-10(15-6-9(13)14)12(7)8-3-4-8/h5,8H,2-4,6H2,1H3,(H,13,14). The lowest BCUT2D eigenvalue weighted by atomic mass is 10.3. The van der Waals surface area contributed by atoms with Gasteiger partial charge in [-0.3, -0.25) is 4.79 Å². The number of carbonyl (C=O) groups is 1. The van der Waals surface area contributed by atoms with E-state index in [0.29, 0.717) is 6.04 Å². The molecule has 1 aromatic rings. The Balaban J connectivity index is 2.15. The summed E-state index contributed by atoms with van der Waals surface area (Å²) in [7, 11) is 0. The number of aliphatic carboxylic acids is 1. The van der Waals surface area contributed by atoms with Gasteiger partial charge in [-0.2, -0.15) is 0 Å². The number of hydrogen-bond donors (Lipinski definition) is 1. The van der Waals surface area contributed by atoms with Gasteiger partial charge in [-0.1, -0.05) is 18.7 Å². The molecule has 1 aliphatic carbocycles. The second kappa shape index (κ2) is 4.26. The molecule has 0 radical (unpaired) electrons. The summed E-state index contributed by atoms with van der Waals surface area (Å²) >= 11 is 1.31. The van der Waals surface area contributed by atoms with Crippen LogP contribution in [0, 0.1) is 0 Å². The van der Waals surface area contributed by atoms with Crippen molar-refractivity contribution in [2.45, 2.75) is 37.4 Å². The molecule has 82 valence electrons. The summed E-state index contributed by atoms with van der Waals surface area (Å²) in [6.45, 7) is 2.10. The molecule has 1 aliphatic rings. The van der Waals surface area contributed by atoms with Crippen molar-refractivity contribution >= 4 is 17.7 Å². The van der Waals surface area contributed by atoms with Gasteiger partial charge in [0, 0.05) is 17.9 Å². The van der Waals surface area contributed by atoms with E-state index in [1.807, 2.05) is 6.20 Å². The number of carboxylic acid groups (broad SMARTS) is 1. The van der Waals surface area contributed by atoms with Gasteiger partial charge < -0.3 is 9.67 Å². The highest BCUT2D eigenvalue weighted by atomic mass is 32.2.